The third-order valence-electron chi connectivity index (χ3n) is 8.60. The molecule has 11 nitrogen and oxygen atoms in total. The number of hydrogen-bond acceptors (Lipinski definition) is 10. The van der Waals surface area contributed by atoms with Gasteiger partial charge in [-0.15, -0.1) is 0 Å². The molecule has 37 heavy (non-hydrogen) atoms. The zero-order chi connectivity index (χ0) is 25.3. The average Bonchev–Trinajstić information content (AvgIpc) is 3.65. The van der Waals surface area contributed by atoms with Crippen LogP contribution >= 0.6 is 11.8 Å². The van der Waals surface area contributed by atoms with E-state index in [4.69, 9.17) is 20.9 Å². The number of amides is 2. The molecule has 6 heterocycles. The van der Waals surface area contributed by atoms with Crippen LogP contribution < -0.4 is 26.0 Å². The Morgan fingerprint density at radius 3 is 2.70 bits per heavy atom. The minimum absolute atomic E-state index is 0.00488. The Bertz CT molecular complexity index is 1230. The lowest BCUT2D eigenvalue weighted by atomic mass is 9.73. The number of hydrogen-bond donors (Lipinski definition) is 2. The molecular weight excluding hydrogens is 492 g/mol. The Hall–Kier alpha value is -2.83. The highest BCUT2D eigenvalue weighted by Gasteiger charge is 2.49. The van der Waals surface area contributed by atoms with Crippen molar-refractivity contribution in [1.29, 1.82) is 0 Å². The van der Waals surface area contributed by atoms with Gasteiger partial charge in [-0.25, -0.2) is 19.7 Å². The number of nitrogens with two attached hydrogens (primary N) is 2. The predicted octanol–water partition coefficient (Wildman–Crippen LogP) is 2.10. The van der Waals surface area contributed by atoms with Gasteiger partial charge in [-0.1, -0.05) is 11.8 Å². The van der Waals surface area contributed by atoms with Crippen LogP contribution in [0.25, 0.3) is 0 Å². The molecule has 196 valence electrons. The maximum Gasteiger partial charge on any atom is 0.326 e. The standard InChI is InChI=1S/C25H32N8O3S/c1-14-20(26)25(13-36-14)5-8-31(9-6-25)18-10-29-23(21(27)30-18)37-17-4-7-28-22-19(17)35-12-16-11-32(15-2-3-15)24(34)33(16)22/h4,7,10,14-16,20H,2-3,5-6,8-9,11-13,26H2,1H3,(H2,27,30)/t14-,16?,20+/m0/s1. The summed E-state index contributed by atoms with van der Waals surface area (Å²) in [5.41, 5.74) is 12.9. The van der Waals surface area contributed by atoms with E-state index in [-0.39, 0.29) is 29.6 Å². The molecule has 2 aromatic rings. The van der Waals surface area contributed by atoms with E-state index < -0.39 is 0 Å². The molecule has 2 aromatic heterocycles. The molecule has 12 heteroatoms. The van der Waals surface area contributed by atoms with Gasteiger partial charge < -0.3 is 30.7 Å². The highest BCUT2D eigenvalue weighted by molar-refractivity contribution is 7.99. The second kappa shape index (κ2) is 8.60. The zero-order valence-electron chi connectivity index (χ0n) is 20.9. The largest absolute Gasteiger partial charge is 0.486 e. The fourth-order valence-electron chi connectivity index (χ4n) is 6.12. The molecule has 4 fully saturated rings. The SMILES string of the molecule is C[C@@H]1OCC2(CCN(c3cnc(Sc4ccnc5c4OCC4CN(C6CC6)C(=O)N54)c(N)n3)CC2)[C@@H]1N. The van der Waals surface area contributed by atoms with Crippen molar-refractivity contribution in [1.82, 2.24) is 19.9 Å². The molecule has 7 rings (SSSR count). The molecule has 3 saturated heterocycles. The number of nitrogen functional groups attached to an aromatic ring is 1. The van der Waals surface area contributed by atoms with Crippen LogP contribution in [0.2, 0.25) is 0 Å². The summed E-state index contributed by atoms with van der Waals surface area (Å²) < 4.78 is 12.0. The quantitative estimate of drug-likeness (QED) is 0.612. The summed E-state index contributed by atoms with van der Waals surface area (Å²) in [6.07, 6.45) is 7.68. The molecule has 0 radical (unpaired) electrons. The summed E-state index contributed by atoms with van der Waals surface area (Å²) >= 11 is 1.39. The van der Waals surface area contributed by atoms with E-state index in [2.05, 4.69) is 26.8 Å². The number of pyridine rings is 1. The van der Waals surface area contributed by atoms with Gasteiger partial charge in [0.15, 0.2) is 17.4 Å². The van der Waals surface area contributed by atoms with Gasteiger partial charge in [0.1, 0.15) is 17.5 Å². The van der Waals surface area contributed by atoms with Crippen LogP contribution in [-0.4, -0.2) is 83.0 Å². The maximum absolute atomic E-state index is 13.1. The number of ether oxygens (including phenoxy) is 2. The van der Waals surface area contributed by atoms with E-state index in [1.807, 2.05) is 11.0 Å². The summed E-state index contributed by atoms with van der Waals surface area (Å²) in [5, 5.41) is 0.601. The zero-order valence-corrected chi connectivity index (χ0v) is 21.7. The number of rotatable bonds is 4. The first kappa shape index (κ1) is 23.3. The van der Waals surface area contributed by atoms with Gasteiger partial charge >= 0.3 is 6.03 Å². The summed E-state index contributed by atoms with van der Waals surface area (Å²) in [6, 6.07) is 2.33. The third kappa shape index (κ3) is 3.79. The van der Waals surface area contributed by atoms with Crippen LogP contribution in [0, 0.1) is 5.41 Å². The number of aromatic nitrogens is 3. The van der Waals surface area contributed by atoms with Crippen molar-refractivity contribution < 1.29 is 14.3 Å². The van der Waals surface area contributed by atoms with Crippen molar-refractivity contribution >= 4 is 35.2 Å². The van der Waals surface area contributed by atoms with Crippen LogP contribution in [0.4, 0.5) is 22.2 Å². The molecule has 1 unspecified atom stereocenters. The maximum atomic E-state index is 13.1. The molecule has 5 aliphatic rings. The molecular formula is C25H32N8O3S. The van der Waals surface area contributed by atoms with Gasteiger partial charge in [0.05, 0.1) is 29.8 Å². The lowest BCUT2D eigenvalue weighted by molar-refractivity contribution is 0.0974. The number of piperidine rings is 1. The Balaban J connectivity index is 1.08. The smallest absolute Gasteiger partial charge is 0.326 e. The molecule has 4 aliphatic heterocycles. The van der Waals surface area contributed by atoms with E-state index in [0.29, 0.717) is 41.6 Å². The number of urea groups is 1. The Labute approximate surface area is 219 Å². The highest BCUT2D eigenvalue weighted by Crippen LogP contribution is 2.46. The fraction of sp³-hybridized carbons (Fsp3) is 0.600. The topological polar surface area (TPSA) is 136 Å². The van der Waals surface area contributed by atoms with Crippen molar-refractivity contribution in [2.24, 2.45) is 11.1 Å². The van der Waals surface area contributed by atoms with Gasteiger partial charge in [-0.2, -0.15) is 0 Å². The van der Waals surface area contributed by atoms with Crippen LogP contribution in [0.3, 0.4) is 0 Å². The second-order valence-electron chi connectivity index (χ2n) is 10.9. The first-order chi connectivity index (χ1) is 17.9. The number of fused-ring (bicyclic) bond motifs is 3. The molecule has 0 aromatic carbocycles. The number of anilines is 3. The molecule has 1 saturated carbocycles. The van der Waals surface area contributed by atoms with Crippen molar-refractivity contribution in [3.63, 3.8) is 0 Å². The molecule has 0 bridgehead atoms. The first-order valence-corrected chi connectivity index (χ1v) is 13.9. The minimum Gasteiger partial charge on any atom is -0.486 e. The van der Waals surface area contributed by atoms with E-state index in [1.165, 1.54) is 11.8 Å². The number of nitrogens with zero attached hydrogens (tertiary/aromatic N) is 6. The van der Waals surface area contributed by atoms with Crippen molar-refractivity contribution in [2.45, 2.75) is 66.8 Å². The summed E-state index contributed by atoms with van der Waals surface area (Å²) in [5.74, 6) is 2.32. The number of carbonyl (C=O) groups excluding carboxylic acids is 1. The molecule has 3 atom stereocenters. The molecule has 4 N–H and O–H groups in total. The second-order valence-corrected chi connectivity index (χ2v) is 11.9. The van der Waals surface area contributed by atoms with E-state index >= 15 is 0 Å². The molecule has 1 spiro atoms. The molecule has 1 aliphatic carbocycles. The predicted molar refractivity (Wildman–Crippen MR) is 139 cm³/mol. The van der Waals surface area contributed by atoms with Crippen molar-refractivity contribution in [3.8, 4) is 5.75 Å². The highest BCUT2D eigenvalue weighted by atomic mass is 32.2. The van der Waals surface area contributed by atoms with Gasteiger partial charge in [-0.05, 0) is 38.7 Å². The minimum atomic E-state index is -0.00488. The number of carbonyl (C=O) groups is 1. The van der Waals surface area contributed by atoms with Crippen LogP contribution in [-0.2, 0) is 4.74 Å². The van der Waals surface area contributed by atoms with Gasteiger partial charge in [0, 0.05) is 43.3 Å². The van der Waals surface area contributed by atoms with Crippen LogP contribution in [0.15, 0.2) is 28.4 Å². The Morgan fingerprint density at radius 1 is 1.19 bits per heavy atom. The van der Waals surface area contributed by atoms with Gasteiger partial charge in [0.2, 0.25) is 0 Å². The van der Waals surface area contributed by atoms with Gasteiger partial charge in [-0.3, -0.25) is 4.90 Å². The van der Waals surface area contributed by atoms with Crippen molar-refractivity contribution in [2.75, 3.05) is 48.4 Å². The monoisotopic (exact) mass is 524 g/mol. The first-order valence-electron chi connectivity index (χ1n) is 13.1. The summed E-state index contributed by atoms with van der Waals surface area (Å²) in [6.45, 7) is 5.62. The van der Waals surface area contributed by atoms with Gasteiger partial charge in [0.25, 0.3) is 0 Å². The lowest BCUT2D eigenvalue weighted by Gasteiger charge is -2.41. The Kier molecular flexibility index (Phi) is 5.42. The normalized spacial score (nSPS) is 28.4. The van der Waals surface area contributed by atoms with E-state index in [0.717, 1.165) is 56.1 Å². The average molecular weight is 525 g/mol. The summed E-state index contributed by atoms with van der Waals surface area (Å²) in [4.78, 5) is 33.8. The lowest BCUT2D eigenvalue weighted by Crippen LogP contribution is -2.50. The molecule has 2 amide bonds. The van der Waals surface area contributed by atoms with E-state index in [1.54, 1.807) is 17.3 Å². The van der Waals surface area contributed by atoms with Crippen LogP contribution in [0.5, 0.6) is 5.75 Å². The van der Waals surface area contributed by atoms with Crippen LogP contribution in [0.1, 0.15) is 32.6 Å². The summed E-state index contributed by atoms with van der Waals surface area (Å²) in [7, 11) is 0. The third-order valence-corrected chi connectivity index (χ3v) is 9.65. The Morgan fingerprint density at radius 2 is 2.00 bits per heavy atom. The fourth-order valence-corrected chi connectivity index (χ4v) is 6.96. The van der Waals surface area contributed by atoms with Crippen molar-refractivity contribution in [3.05, 3.63) is 18.5 Å². The van der Waals surface area contributed by atoms with E-state index in [9.17, 15) is 4.79 Å².